The molecule has 2 N–H and O–H groups in total. The third-order valence-electron chi connectivity index (χ3n) is 3.14. The first kappa shape index (κ1) is 23.6. The fourth-order valence-corrected chi connectivity index (χ4v) is 2.15. The van der Waals surface area contributed by atoms with Crippen LogP contribution in [0.15, 0.2) is 17.6 Å². The molecule has 0 aliphatic carbocycles. The molecule has 0 bridgehead atoms. The van der Waals surface area contributed by atoms with Crippen molar-refractivity contribution >= 4 is 35.8 Å². The Morgan fingerprint density at radius 3 is 2.44 bits per heavy atom. The molecule has 0 atom stereocenters. The number of aromatic nitrogens is 3. The molecule has 0 aliphatic heterocycles. The Hall–Kier alpha value is -1.39. The van der Waals surface area contributed by atoms with Crippen molar-refractivity contribution in [3.63, 3.8) is 0 Å². The van der Waals surface area contributed by atoms with Crippen LogP contribution >= 0.6 is 24.0 Å². The lowest BCUT2D eigenvalue weighted by Crippen LogP contribution is -2.48. The highest BCUT2D eigenvalue weighted by atomic mass is 127. The lowest BCUT2D eigenvalue weighted by Gasteiger charge is -2.25. The quantitative estimate of drug-likeness (QED) is 0.263. The summed E-state index contributed by atoms with van der Waals surface area (Å²) in [7, 11) is 1.88. The minimum atomic E-state index is -0.227. The van der Waals surface area contributed by atoms with Gasteiger partial charge in [-0.15, -0.1) is 34.2 Å². The van der Waals surface area contributed by atoms with Gasteiger partial charge in [-0.2, -0.15) is 0 Å². The lowest BCUT2D eigenvalue weighted by molar-refractivity contribution is -0.122. The maximum Gasteiger partial charge on any atom is 0.240 e. The maximum atomic E-state index is 12.0. The molecule has 0 saturated carbocycles. The zero-order chi connectivity index (χ0) is 18.0. The van der Waals surface area contributed by atoms with E-state index in [1.54, 1.807) is 12.7 Å². The van der Waals surface area contributed by atoms with E-state index in [-0.39, 0.29) is 42.0 Å². The monoisotopic (exact) mass is 465 g/mol. The molecule has 0 fully saturated rings. The largest absolute Gasteiger partial charge is 0.357 e. The van der Waals surface area contributed by atoms with Gasteiger partial charge in [-0.1, -0.05) is 0 Å². The Kier molecular flexibility index (Phi) is 11.4. The van der Waals surface area contributed by atoms with Gasteiger partial charge in [-0.05, 0) is 40.5 Å². The summed E-state index contributed by atoms with van der Waals surface area (Å²) in [5, 5.41) is 13.7. The number of likely N-dealkylation sites (N-methyl/N-ethyl adjacent to an activating group) is 1. The fourth-order valence-electron chi connectivity index (χ4n) is 2.15. The van der Waals surface area contributed by atoms with Crippen molar-refractivity contribution in [1.29, 1.82) is 0 Å². The van der Waals surface area contributed by atoms with Crippen molar-refractivity contribution in [3.8, 4) is 0 Å². The van der Waals surface area contributed by atoms with E-state index in [1.807, 2.05) is 44.2 Å². The number of rotatable bonds is 8. The Balaban J connectivity index is 0.00000576. The van der Waals surface area contributed by atoms with Gasteiger partial charge in [0.15, 0.2) is 5.96 Å². The van der Waals surface area contributed by atoms with Gasteiger partial charge < -0.3 is 20.1 Å². The summed E-state index contributed by atoms with van der Waals surface area (Å²) >= 11 is 0. The van der Waals surface area contributed by atoms with Crippen LogP contribution in [0.5, 0.6) is 0 Å². The number of hydrogen-bond acceptors (Lipinski definition) is 4. The van der Waals surface area contributed by atoms with E-state index in [1.165, 1.54) is 0 Å². The Morgan fingerprint density at radius 2 is 1.88 bits per heavy atom. The highest BCUT2D eigenvalue weighted by molar-refractivity contribution is 14.0. The number of aliphatic imine (C=N–C) groups is 1. The van der Waals surface area contributed by atoms with Crippen molar-refractivity contribution < 1.29 is 4.79 Å². The van der Waals surface area contributed by atoms with Crippen LogP contribution in [0.2, 0.25) is 0 Å². The van der Waals surface area contributed by atoms with Crippen LogP contribution in [0.1, 0.15) is 40.5 Å². The van der Waals surface area contributed by atoms with E-state index >= 15 is 0 Å². The number of unbranched alkanes of at least 4 members (excludes halogenated alkanes) is 1. The molecular weight excluding hydrogens is 433 g/mol. The standard InChI is InChI=1S/C16H31N7O.HI/c1-6-17-15(22(5)11-14(24)21-16(2,3)4)18-9-7-8-10-23-12-19-20-13-23;/h12-13H,6-11H2,1-5H3,(H,17,18)(H,21,24);1H. The fraction of sp³-hybridized carbons (Fsp3) is 0.750. The van der Waals surface area contributed by atoms with Gasteiger partial charge in [0.2, 0.25) is 5.91 Å². The number of guanidine groups is 1. The molecular formula is C16H32IN7O. The molecule has 0 saturated heterocycles. The second kappa shape index (κ2) is 12.0. The lowest BCUT2D eigenvalue weighted by atomic mass is 10.1. The van der Waals surface area contributed by atoms with E-state index < -0.39 is 0 Å². The van der Waals surface area contributed by atoms with Crippen LogP contribution in [-0.4, -0.2) is 63.8 Å². The number of nitrogens with zero attached hydrogens (tertiary/aromatic N) is 5. The van der Waals surface area contributed by atoms with Gasteiger partial charge in [-0.3, -0.25) is 9.79 Å². The van der Waals surface area contributed by atoms with E-state index in [2.05, 4.69) is 25.8 Å². The van der Waals surface area contributed by atoms with Gasteiger partial charge >= 0.3 is 0 Å². The SMILES string of the molecule is CCNC(=NCCCCn1cnnc1)N(C)CC(=O)NC(C)(C)C.I. The summed E-state index contributed by atoms with van der Waals surface area (Å²) in [6.07, 6.45) is 5.41. The van der Waals surface area contributed by atoms with Crippen LogP contribution < -0.4 is 10.6 Å². The molecule has 25 heavy (non-hydrogen) atoms. The Bertz CT molecular complexity index is 511. The summed E-state index contributed by atoms with van der Waals surface area (Å²) in [5.41, 5.74) is -0.227. The van der Waals surface area contributed by atoms with E-state index in [4.69, 9.17) is 0 Å². The van der Waals surface area contributed by atoms with Gasteiger partial charge in [0, 0.05) is 32.2 Å². The predicted octanol–water partition coefficient (Wildman–Crippen LogP) is 1.49. The minimum Gasteiger partial charge on any atom is -0.357 e. The summed E-state index contributed by atoms with van der Waals surface area (Å²) in [4.78, 5) is 18.5. The molecule has 9 heteroatoms. The van der Waals surface area contributed by atoms with Gasteiger partial charge in [0.1, 0.15) is 12.7 Å². The first-order valence-corrected chi connectivity index (χ1v) is 8.44. The number of amides is 1. The average molecular weight is 465 g/mol. The highest BCUT2D eigenvalue weighted by Crippen LogP contribution is 1.99. The highest BCUT2D eigenvalue weighted by Gasteiger charge is 2.16. The van der Waals surface area contributed by atoms with Gasteiger partial charge in [-0.25, -0.2) is 0 Å². The van der Waals surface area contributed by atoms with Crippen LogP contribution in [-0.2, 0) is 11.3 Å². The third kappa shape index (κ3) is 11.0. The molecule has 144 valence electrons. The van der Waals surface area contributed by atoms with Crippen molar-refractivity contribution in [2.24, 2.45) is 4.99 Å². The topological polar surface area (TPSA) is 87.4 Å². The zero-order valence-electron chi connectivity index (χ0n) is 15.9. The van der Waals surface area contributed by atoms with Crippen molar-refractivity contribution in [2.75, 3.05) is 26.7 Å². The number of carbonyl (C=O) groups is 1. The molecule has 1 aromatic rings. The Morgan fingerprint density at radius 1 is 1.24 bits per heavy atom. The molecule has 1 rings (SSSR count). The molecule has 8 nitrogen and oxygen atoms in total. The molecule has 0 radical (unpaired) electrons. The number of carbonyl (C=O) groups excluding carboxylic acids is 1. The van der Waals surface area contributed by atoms with Crippen molar-refractivity contribution in [3.05, 3.63) is 12.7 Å². The first-order chi connectivity index (χ1) is 11.3. The molecule has 1 amide bonds. The number of nitrogens with one attached hydrogen (secondary N) is 2. The molecule has 0 aliphatic rings. The van der Waals surface area contributed by atoms with Crippen molar-refractivity contribution in [1.82, 2.24) is 30.3 Å². The first-order valence-electron chi connectivity index (χ1n) is 8.44. The summed E-state index contributed by atoms with van der Waals surface area (Å²) in [6.45, 7) is 10.6. The maximum absolute atomic E-state index is 12.0. The summed E-state index contributed by atoms with van der Waals surface area (Å²) < 4.78 is 1.96. The third-order valence-corrected chi connectivity index (χ3v) is 3.14. The van der Waals surface area contributed by atoms with Crippen molar-refractivity contribution in [2.45, 2.75) is 52.6 Å². The Labute approximate surface area is 167 Å². The second-order valence-electron chi connectivity index (χ2n) is 6.80. The summed E-state index contributed by atoms with van der Waals surface area (Å²) in [6, 6.07) is 0. The molecule has 0 aromatic carbocycles. The average Bonchev–Trinajstić information content (AvgIpc) is 2.96. The molecule has 1 heterocycles. The second-order valence-corrected chi connectivity index (χ2v) is 6.80. The van der Waals surface area contributed by atoms with Gasteiger partial charge in [0.25, 0.3) is 0 Å². The predicted molar refractivity (Wildman–Crippen MR) is 111 cm³/mol. The number of aryl methyl sites for hydroxylation is 1. The molecule has 1 aromatic heterocycles. The number of hydrogen-bond donors (Lipinski definition) is 2. The van der Waals surface area contributed by atoms with Crippen LogP contribution in [0.25, 0.3) is 0 Å². The van der Waals surface area contributed by atoms with Crippen LogP contribution in [0, 0.1) is 0 Å². The summed E-state index contributed by atoms with van der Waals surface area (Å²) in [5.74, 6) is 0.745. The van der Waals surface area contributed by atoms with E-state index in [0.717, 1.165) is 38.4 Å². The number of halogens is 1. The van der Waals surface area contributed by atoms with Crippen LogP contribution in [0.4, 0.5) is 0 Å². The smallest absolute Gasteiger partial charge is 0.240 e. The minimum absolute atomic E-state index is 0. The molecule has 0 spiro atoms. The molecule has 0 unspecified atom stereocenters. The zero-order valence-corrected chi connectivity index (χ0v) is 18.3. The normalized spacial score (nSPS) is 11.6. The van der Waals surface area contributed by atoms with E-state index in [0.29, 0.717) is 0 Å². The van der Waals surface area contributed by atoms with Crippen LogP contribution in [0.3, 0.4) is 0 Å². The van der Waals surface area contributed by atoms with Gasteiger partial charge in [0.05, 0.1) is 6.54 Å². The van der Waals surface area contributed by atoms with E-state index in [9.17, 15) is 4.79 Å².